The van der Waals surface area contributed by atoms with Crippen molar-refractivity contribution < 1.29 is 4.79 Å². The Bertz CT molecular complexity index is 1100. The second-order valence-corrected chi connectivity index (χ2v) is 9.35. The summed E-state index contributed by atoms with van der Waals surface area (Å²) in [7, 11) is 0. The van der Waals surface area contributed by atoms with Crippen molar-refractivity contribution in [1.82, 2.24) is 10.2 Å². The van der Waals surface area contributed by atoms with Gasteiger partial charge in [0, 0.05) is 12.2 Å². The number of nitrogens with one attached hydrogen (secondary N) is 2. The molecule has 1 heterocycles. The van der Waals surface area contributed by atoms with Crippen molar-refractivity contribution in [2.75, 3.05) is 25.0 Å². The van der Waals surface area contributed by atoms with E-state index in [0.717, 1.165) is 44.0 Å². The third kappa shape index (κ3) is 7.70. The molecule has 0 spiro atoms. The number of piperidine rings is 1. The molecule has 180 valence electrons. The first-order chi connectivity index (χ1) is 17.2. The Balaban J connectivity index is 1.27. The number of amides is 2. The number of likely N-dealkylation sites (tertiary alicyclic amines) is 1. The maximum Gasteiger partial charge on any atom is 0.319 e. The van der Waals surface area contributed by atoms with E-state index in [2.05, 4.69) is 64.1 Å². The van der Waals surface area contributed by atoms with Crippen molar-refractivity contribution in [3.8, 4) is 6.07 Å². The van der Waals surface area contributed by atoms with Crippen molar-refractivity contribution in [2.24, 2.45) is 5.92 Å². The molecule has 5 heteroatoms. The molecule has 0 radical (unpaired) electrons. The van der Waals surface area contributed by atoms with Crippen LogP contribution in [0.15, 0.2) is 84.9 Å². The summed E-state index contributed by atoms with van der Waals surface area (Å²) in [6.45, 7) is 3.19. The van der Waals surface area contributed by atoms with Crippen molar-refractivity contribution in [1.29, 1.82) is 5.26 Å². The summed E-state index contributed by atoms with van der Waals surface area (Å²) in [6.07, 6.45) is 5.76. The molecule has 1 fully saturated rings. The van der Waals surface area contributed by atoms with Gasteiger partial charge in [-0.1, -0.05) is 66.7 Å². The van der Waals surface area contributed by atoms with Gasteiger partial charge in [-0.2, -0.15) is 5.26 Å². The molecule has 35 heavy (non-hydrogen) atoms. The Labute approximate surface area is 208 Å². The van der Waals surface area contributed by atoms with Crippen LogP contribution in [-0.2, 0) is 6.42 Å². The number of hydrogen-bond donors (Lipinski definition) is 2. The molecule has 4 rings (SSSR count). The predicted molar refractivity (Wildman–Crippen MR) is 141 cm³/mol. The van der Waals surface area contributed by atoms with E-state index < -0.39 is 0 Å². The summed E-state index contributed by atoms with van der Waals surface area (Å²) >= 11 is 0. The monoisotopic (exact) mass is 466 g/mol. The Morgan fingerprint density at radius 1 is 0.971 bits per heavy atom. The third-order valence-corrected chi connectivity index (χ3v) is 6.88. The van der Waals surface area contributed by atoms with Gasteiger partial charge in [0.25, 0.3) is 0 Å². The molecule has 0 aromatic heterocycles. The number of benzene rings is 3. The molecule has 1 saturated heterocycles. The van der Waals surface area contributed by atoms with E-state index >= 15 is 0 Å². The van der Waals surface area contributed by atoms with Crippen LogP contribution in [0, 0.1) is 17.2 Å². The minimum Gasteiger partial charge on any atom is -0.331 e. The Morgan fingerprint density at radius 3 is 2.40 bits per heavy atom. The quantitative estimate of drug-likeness (QED) is 0.397. The third-order valence-electron chi connectivity index (χ3n) is 6.88. The van der Waals surface area contributed by atoms with Crippen LogP contribution in [0.4, 0.5) is 10.5 Å². The van der Waals surface area contributed by atoms with Crippen molar-refractivity contribution >= 4 is 11.7 Å². The lowest BCUT2D eigenvalue weighted by molar-refractivity contribution is 0.172. The average molecular weight is 467 g/mol. The molecule has 1 atom stereocenters. The zero-order valence-electron chi connectivity index (χ0n) is 20.2. The number of anilines is 1. The van der Waals surface area contributed by atoms with E-state index in [4.69, 9.17) is 5.26 Å². The van der Waals surface area contributed by atoms with Gasteiger partial charge in [0.2, 0.25) is 0 Å². The first kappa shape index (κ1) is 24.5. The largest absolute Gasteiger partial charge is 0.331 e. The zero-order valence-corrected chi connectivity index (χ0v) is 20.2. The highest BCUT2D eigenvalue weighted by molar-refractivity contribution is 5.89. The SMILES string of the molecule is N#Cc1cccc(NC(=O)NC(CCN2CCC(CCc3ccccc3)CC2)c2ccccc2)c1. The lowest BCUT2D eigenvalue weighted by atomic mass is 9.90. The van der Waals surface area contributed by atoms with Crippen LogP contribution in [0.3, 0.4) is 0 Å². The lowest BCUT2D eigenvalue weighted by Gasteiger charge is -2.33. The minimum absolute atomic E-state index is 0.0776. The van der Waals surface area contributed by atoms with E-state index in [1.807, 2.05) is 18.2 Å². The van der Waals surface area contributed by atoms with Crippen LogP contribution >= 0.6 is 0 Å². The summed E-state index contributed by atoms with van der Waals surface area (Å²) < 4.78 is 0. The number of nitrogens with zero attached hydrogens (tertiary/aromatic N) is 2. The summed E-state index contributed by atoms with van der Waals surface area (Å²) in [4.78, 5) is 15.3. The Morgan fingerprint density at radius 2 is 1.69 bits per heavy atom. The van der Waals surface area contributed by atoms with Crippen LogP contribution < -0.4 is 10.6 Å². The fraction of sp³-hybridized carbons (Fsp3) is 0.333. The van der Waals surface area contributed by atoms with Crippen LogP contribution in [0.5, 0.6) is 0 Å². The Kier molecular flexibility index (Phi) is 8.91. The summed E-state index contributed by atoms with van der Waals surface area (Å²) in [5.74, 6) is 0.796. The van der Waals surface area contributed by atoms with Gasteiger partial charge in [0.05, 0.1) is 17.7 Å². The van der Waals surface area contributed by atoms with Gasteiger partial charge in [0.1, 0.15) is 0 Å². The van der Waals surface area contributed by atoms with Gasteiger partial charge in [0.15, 0.2) is 0 Å². The summed E-state index contributed by atoms with van der Waals surface area (Å²) in [6, 6.07) is 29.7. The second-order valence-electron chi connectivity index (χ2n) is 9.35. The normalized spacial score (nSPS) is 15.2. The first-order valence-corrected chi connectivity index (χ1v) is 12.6. The fourth-order valence-electron chi connectivity index (χ4n) is 4.83. The number of hydrogen-bond acceptors (Lipinski definition) is 3. The first-order valence-electron chi connectivity index (χ1n) is 12.6. The van der Waals surface area contributed by atoms with Gasteiger partial charge in [-0.25, -0.2) is 4.79 Å². The molecular formula is C30H34N4O. The number of aryl methyl sites for hydroxylation is 1. The highest BCUT2D eigenvalue weighted by Crippen LogP contribution is 2.24. The smallest absolute Gasteiger partial charge is 0.319 e. The van der Waals surface area contributed by atoms with Crippen molar-refractivity contribution in [2.45, 2.75) is 38.1 Å². The molecule has 1 aliphatic heterocycles. The van der Waals surface area contributed by atoms with E-state index in [1.165, 1.54) is 24.8 Å². The Hall–Kier alpha value is -3.62. The van der Waals surface area contributed by atoms with E-state index in [9.17, 15) is 4.79 Å². The molecule has 0 bridgehead atoms. The zero-order chi connectivity index (χ0) is 24.3. The van der Waals surface area contributed by atoms with Gasteiger partial charge in [-0.05, 0) is 80.4 Å². The molecule has 0 saturated carbocycles. The highest BCUT2D eigenvalue weighted by Gasteiger charge is 2.21. The van der Waals surface area contributed by atoms with E-state index in [0.29, 0.717) is 11.3 Å². The molecule has 3 aromatic carbocycles. The van der Waals surface area contributed by atoms with Crippen LogP contribution in [0.1, 0.15) is 48.4 Å². The summed E-state index contributed by atoms with van der Waals surface area (Å²) in [5, 5.41) is 15.1. The van der Waals surface area contributed by atoms with Crippen LogP contribution in [0.25, 0.3) is 0 Å². The van der Waals surface area contributed by atoms with Gasteiger partial charge >= 0.3 is 6.03 Å². The maximum absolute atomic E-state index is 12.8. The van der Waals surface area contributed by atoms with Crippen molar-refractivity contribution in [3.63, 3.8) is 0 Å². The van der Waals surface area contributed by atoms with Crippen LogP contribution in [-0.4, -0.2) is 30.6 Å². The lowest BCUT2D eigenvalue weighted by Crippen LogP contribution is -2.38. The summed E-state index contributed by atoms with van der Waals surface area (Å²) in [5.41, 5.74) is 3.68. The number of urea groups is 1. The number of carbonyl (C=O) groups excluding carboxylic acids is 1. The van der Waals surface area contributed by atoms with Gasteiger partial charge < -0.3 is 15.5 Å². The standard InChI is InChI=1S/C30H34N4O/c31-23-26-10-7-13-28(22-26)32-30(35)33-29(27-11-5-2-6-12-27)18-21-34-19-16-25(17-20-34)15-14-24-8-3-1-4-9-24/h1-13,22,25,29H,14-21H2,(H2,32,33,35). The molecular weight excluding hydrogens is 432 g/mol. The predicted octanol–water partition coefficient (Wildman–Crippen LogP) is 6.16. The van der Waals surface area contributed by atoms with Gasteiger partial charge in [-0.15, -0.1) is 0 Å². The number of rotatable bonds is 9. The number of nitriles is 1. The van der Waals surface area contributed by atoms with Gasteiger partial charge in [-0.3, -0.25) is 0 Å². The van der Waals surface area contributed by atoms with Crippen LogP contribution in [0.2, 0.25) is 0 Å². The molecule has 5 nitrogen and oxygen atoms in total. The number of carbonyl (C=O) groups is 1. The molecule has 2 amide bonds. The highest BCUT2D eigenvalue weighted by atomic mass is 16.2. The molecule has 1 aliphatic rings. The average Bonchev–Trinajstić information content (AvgIpc) is 2.91. The topological polar surface area (TPSA) is 68.2 Å². The van der Waals surface area contributed by atoms with E-state index in [1.54, 1.807) is 24.3 Å². The molecule has 0 aliphatic carbocycles. The van der Waals surface area contributed by atoms with E-state index in [-0.39, 0.29) is 12.1 Å². The van der Waals surface area contributed by atoms with Crippen molar-refractivity contribution in [3.05, 3.63) is 102 Å². The minimum atomic E-state index is -0.256. The molecule has 2 N–H and O–H groups in total. The fourth-order valence-corrected chi connectivity index (χ4v) is 4.83. The molecule has 1 unspecified atom stereocenters. The molecule has 3 aromatic rings. The second kappa shape index (κ2) is 12.7. The maximum atomic E-state index is 12.8.